The molecule has 3 aromatic rings. The predicted molar refractivity (Wildman–Crippen MR) is 140 cm³/mol. The average Bonchev–Trinajstić information content (AvgIpc) is 2.89. The molecule has 0 spiro atoms. The summed E-state index contributed by atoms with van der Waals surface area (Å²) in [4.78, 5) is 56.1. The van der Waals surface area contributed by atoms with Crippen molar-refractivity contribution in [2.45, 2.75) is 46.0 Å². The van der Waals surface area contributed by atoms with Crippen molar-refractivity contribution >= 4 is 46.8 Å². The molecule has 0 amide bonds. The lowest BCUT2D eigenvalue weighted by molar-refractivity contribution is -0.183. The summed E-state index contributed by atoms with van der Waals surface area (Å²) >= 11 is 0. The number of nitrogens with zero attached hydrogens (tertiary/aromatic N) is 3. The molecule has 3 atom stereocenters. The molecule has 0 aliphatic carbocycles. The van der Waals surface area contributed by atoms with Crippen molar-refractivity contribution < 1.29 is 38.1 Å². The molecule has 39 heavy (non-hydrogen) atoms. The molecule has 0 radical (unpaired) electrons. The highest BCUT2D eigenvalue weighted by Crippen LogP contribution is 2.25. The minimum Gasteiger partial charge on any atom is -0.462 e. The van der Waals surface area contributed by atoms with Gasteiger partial charge in [0, 0.05) is 38.6 Å². The number of rotatable bonds is 11. The molecule has 1 aromatic heterocycles. The van der Waals surface area contributed by atoms with Crippen molar-refractivity contribution in [2.24, 2.45) is 5.10 Å². The third-order valence-electron chi connectivity index (χ3n) is 5.09. The summed E-state index contributed by atoms with van der Waals surface area (Å²) in [5.41, 5.74) is 4.28. The Morgan fingerprint density at radius 1 is 0.821 bits per heavy atom. The summed E-state index contributed by atoms with van der Waals surface area (Å²) in [5, 5.41) is 4.85. The third-order valence-corrected chi connectivity index (χ3v) is 5.09. The fraction of sp³-hybridized carbons (Fsp3) is 0.296. The Hall–Kier alpha value is -4.87. The lowest BCUT2D eigenvalue weighted by Crippen LogP contribution is -2.48. The van der Waals surface area contributed by atoms with Gasteiger partial charge in [0.2, 0.25) is 0 Å². The SMILES string of the molecule is CC(=O)OC[C@@H](OC(C)=O)[C@@H](OC(C)=O)[C@H](/C=N/Nc1nc(-c2ccccc2)nc2ccccc12)OC(C)=O. The molecule has 1 heterocycles. The molecule has 0 saturated heterocycles. The minimum atomic E-state index is -1.39. The van der Waals surface area contributed by atoms with E-state index in [4.69, 9.17) is 18.9 Å². The number of aromatic nitrogens is 2. The first-order chi connectivity index (χ1) is 18.6. The molecule has 0 aliphatic heterocycles. The molecule has 3 rings (SSSR count). The second-order valence-corrected chi connectivity index (χ2v) is 8.27. The minimum absolute atomic E-state index is 0.359. The van der Waals surface area contributed by atoms with Crippen molar-refractivity contribution in [3.05, 3.63) is 54.6 Å². The van der Waals surface area contributed by atoms with Crippen LogP contribution < -0.4 is 5.43 Å². The van der Waals surface area contributed by atoms with E-state index in [1.165, 1.54) is 6.21 Å². The van der Waals surface area contributed by atoms with Gasteiger partial charge in [-0.2, -0.15) is 5.10 Å². The summed E-state index contributed by atoms with van der Waals surface area (Å²) in [5.74, 6) is -2.06. The molecule has 12 nitrogen and oxygen atoms in total. The number of benzene rings is 2. The number of para-hydroxylation sites is 1. The molecule has 0 bridgehead atoms. The Labute approximate surface area is 224 Å². The van der Waals surface area contributed by atoms with Crippen LogP contribution >= 0.6 is 0 Å². The maximum Gasteiger partial charge on any atom is 0.303 e. The second kappa shape index (κ2) is 13.6. The van der Waals surface area contributed by atoms with Gasteiger partial charge in [0.05, 0.1) is 11.7 Å². The average molecular weight is 537 g/mol. The smallest absolute Gasteiger partial charge is 0.303 e. The van der Waals surface area contributed by atoms with Gasteiger partial charge in [0.15, 0.2) is 30.0 Å². The van der Waals surface area contributed by atoms with Gasteiger partial charge in [-0.05, 0) is 12.1 Å². The highest BCUT2D eigenvalue weighted by molar-refractivity contribution is 5.90. The van der Waals surface area contributed by atoms with Crippen LogP contribution in [0.15, 0.2) is 59.7 Å². The maximum atomic E-state index is 11.9. The van der Waals surface area contributed by atoms with Gasteiger partial charge in [-0.3, -0.25) is 24.6 Å². The molecular formula is C27H28N4O8. The molecule has 2 aromatic carbocycles. The van der Waals surface area contributed by atoms with Gasteiger partial charge in [-0.15, -0.1) is 0 Å². The first-order valence-electron chi connectivity index (χ1n) is 11.9. The highest BCUT2D eigenvalue weighted by Gasteiger charge is 2.37. The Balaban J connectivity index is 1.97. The number of hydrogen-bond acceptors (Lipinski definition) is 12. The number of hydrogen-bond donors (Lipinski definition) is 1. The summed E-state index contributed by atoms with van der Waals surface area (Å²) in [6, 6.07) is 16.7. The van der Waals surface area contributed by atoms with Crippen LogP contribution in [0.2, 0.25) is 0 Å². The number of carbonyl (C=O) groups is 4. The number of esters is 4. The number of nitrogens with one attached hydrogen (secondary N) is 1. The monoisotopic (exact) mass is 536 g/mol. The van der Waals surface area contributed by atoms with Gasteiger partial charge < -0.3 is 18.9 Å². The highest BCUT2D eigenvalue weighted by atomic mass is 16.6. The summed E-state index contributed by atoms with van der Waals surface area (Å²) in [6.45, 7) is 4.11. The third kappa shape index (κ3) is 8.59. The number of carbonyl (C=O) groups excluding carboxylic acids is 4. The van der Waals surface area contributed by atoms with Crippen molar-refractivity contribution in [2.75, 3.05) is 12.0 Å². The molecule has 12 heteroatoms. The first-order valence-corrected chi connectivity index (χ1v) is 11.9. The van der Waals surface area contributed by atoms with Crippen molar-refractivity contribution in [3.63, 3.8) is 0 Å². The Kier molecular flexibility index (Phi) is 10.0. The van der Waals surface area contributed by atoms with Crippen LogP contribution in [0.4, 0.5) is 5.82 Å². The molecule has 0 unspecified atom stereocenters. The van der Waals surface area contributed by atoms with Crippen LogP contribution in [-0.2, 0) is 38.1 Å². The van der Waals surface area contributed by atoms with Crippen LogP contribution in [-0.4, -0.2) is 65.0 Å². The Morgan fingerprint density at radius 3 is 2.10 bits per heavy atom. The van der Waals surface area contributed by atoms with Crippen molar-refractivity contribution in [1.82, 2.24) is 9.97 Å². The number of fused-ring (bicyclic) bond motifs is 1. The van der Waals surface area contributed by atoms with E-state index in [1.54, 1.807) is 0 Å². The van der Waals surface area contributed by atoms with Gasteiger partial charge >= 0.3 is 23.9 Å². The van der Waals surface area contributed by atoms with E-state index < -0.39 is 48.8 Å². The number of anilines is 1. The summed E-state index contributed by atoms with van der Waals surface area (Å²) in [7, 11) is 0. The molecule has 1 N–H and O–H groups in total. The zero-order valence-corrected chi connectivity index (χ0v) is 21.8. The van der Waals surface area contributed by atoms with Gasteiger partial charge in [0.25, 0.3) is 0 Å². The van der Waals surface area contributed by atoms with Crippen LogP contribution in [0.5, 0.6) is 0 Å². The van der Waals surface area contributed by atoms with Gasteiger partial charge in [-0.1, -0.05) is 42.5 Å². The topological polar surface area (TPSA) is 155 Å². The second-order valence-electron chi connectivity index (χ2n) is 8.27. The molecular weight excluding hydrogens is 508 g/mol. The van der Waals surface area contributed by atoms with Crippen molar-refractivity contribution in [3.8, 4) is 11.4 Å². The number of hydrazone groups is 1. The van der Waals surface area contributed by atoms with Crippen LogP contribution in [0.3, 0.4) is 0 Å². The largest absolute Gasteiger partial charge is 0.462 e. The van der Waals surface area contributed by atoms with E-state index in [0.29, 0.717) is 22.5 Å². The summed E-state index contributed by atoms with van der Waals surface area (Å²) < 4.78 is 20.9. The lowest BCUT2D eigenvalue weighted by Gasteiger charge is -2.29. The normalized spacial score (nSPS) is 13.2. The van der Waals surface area contributed by atoms with Crippen LogP contribution in [0, 0.1) is 0 Å². The zero-order valence-electron chi connectivity index (χ0n) is 21.8. The Bertz CT molecular complexity index is 1360. The van der Waals surface area contributed by atoms with E-state index in [-0.39, 0.29) is 0 Å². The molecule has 204 valence electrons. The molecule has 0 fully saturated rings. The molecule has 0 aliphatic rings. The lowest BCUT2D eigenvalue weighted by atomic mass is 10.1. The van der Waals surface area contributed by atoms with E-state index >= 15 is 0 Å². The van der Waals surface area contributed by atoms with Crippen LogP contribution in [0.25, 0.3) is 22.3 Å². The van der Waals surface area contributed by atoms with E-state index in [9.17, 15) is 19.2 Å². The fourth-order valence-corrected chi connectivity index (χ4v) is 3.58. The zero-order chi connectivity index (χ0) is 28.4. The Morgan fingerprint density at radius 2 is 1.46 bits per heavy atom. The molecule has 0 saturated carbocycles. The maximum absolute atomic E-state index is 11.9. The van der Waals surface area contributed by atoms with Crippen molar-refractivity contribution in [1.29, 1.82) is 0 Å². The van der Waals surface area contributed by atoms with E-state index in [1.807, 2.05) is 54.6 Å². The summed E-state index contributed by atoms with van der Waals surface area (Å²) in [6.07, 6.45) is -2.85. The van der Waals surface area contributed by atoms with E-state index in [2.05, 4.69) is 20.5 Å². The number of ether oxygens (including phenoxy) is 4. The quantitative estimate of drug-likeness (QED) is 0.166. The van der Waals surface area contributed by atoms with Gasteiger partial charge in [-0.25, -0.2) is 9.97 Å². The predicted octanol–water partition coefficient (Wildman–Crippen LogP) is 3.05. The standard InChI is InChI=1S/C27H28N4O8/c1-16(32)36-15-24(38-18(3)34)25(39-19(4)35)23(37-17(2)33)14-28-31-27-21-12-8-9-13-22(21)29-26(30-27)20-10-6-5-7-11-20/h5-14,23-25H,15H2,1-4H3,(H,29,30,31)/b28-14+/t23-,24+,25-/m0/s1. The van der Waals surface area contributed by atoms with Gasteiger partial charge in [0.1, 0.15) is 6.61 Å². The van der Waals surface area contributed by atoms with E-state index in [0.717, 1.165) is 33.3 Å². The fourth-order valence-electron chi connectivity index (χ4n) is 3.58. The first kappa shape index (κ1) is 28.7. The van der Waals surface area contributed by atoms with Crippen LogP contribution in [0.1, 0.15) is 27.7 Å².